The first-order valence-electron chi connectivity index (χ1n) is 10.3. The van der Waals surface area contributed by atoms with E-state index >= 15 is 0 Å². The van der Waals surface area contributed by atoms with Gasteiger partial charge in [0.2, 0.25) is 0 Å². The van der Waals surface area contributed by atoms with Gasteiger partial charge in [0.05, 0.1) is 6.10 Å². The van der Waals surface area contributed by atoms with Gasteiger partial charge in [0.1, 0.15) is 23.9 Å². The molecule has 0 aliphatic carbocycles. The molecule has 4 atom stereocenters. The number of fused-ring (bicyclic) bond motifs is 1. The quantitative estimate of drug-likeness (QED) is 0.441. The summed E-state index contributed by atoms with van der Waals surface area (Å²) in [5.74, 6) is 1.12. The summed E-state index contributed by atoms with van der Waals surface area (Å²) in [6.45, 7) is 6.82. The van der Waals surface area contributed by atoms with E-state index in [1.54, 1.807) is 11.5 Å². The van der Waals surface area contributed by atoms with Crippen LogP contribution in [-0.4, -0.2) is 73.8 Å². The van der Waals surface area contributed by atoms with Gasteiger partial charge in [-0.2, -0.15) is 0 Å². The number of aliphatic hydroxyl groups is 2. The van der Waals surface area contributed by atoms with Crippen LogP contribution >= 0.6 is 6.89 Å². The molecule has 0 unspecified atom stereocenters. The molecule has 1 aliphatic heterocycles. The monoisotopic (exact) mass is 424 g/mol. The fourth-order valence-corrected chi connectivity index (χ4v) is 4.73. The molecular formula is C20H33N4O4P. The number of hydrogen-bond acceptors (Lipinski definition) is 6. The zero-order chi connectivity index (χ0) is 21.3. The van der Waals surface area contributed by atoms with Crippen LogP contribution in [-0.2, 0) is 11.2 Å². The van der Waals surface area contributed by atoms with Crippen molar-refractivity contribution in [2.45, 2.75) is 70.5 Å². The smallest absolute Gasteiger partial charge is 0.279 e. The molecule has 2 aromatic rings. The molecule has 29 heavy (non-hydrogen) atoms. The second-order valence-corrected chi connectivity index (χ2v) is 13.0. The van der Waals surface area contributed by atoms with Gasteiger partial charge in [-0.25, -0.2) is 9.97 Å². The molecule has 3 N–H and O–H groups in total. The molecule has 3 rings (SSSR count). The molecule has 0 bridgehead atoms. The first kappa shape index (κ1) is 22.2. The van der Waals surface area contributed by atoms with Crippen LogP contribution in [0, 0.1) is 6.92 Å². The summed E-state index contributed by atoms with van der Waals surface area (Å²) >= 11 is 0. The summed E-state index contributed by atoms with van der Waals surface area (Å²) in [6, 6.07) is 0. The van der Waals surface area contributed by atoms with Crippen molar-refractivity contribution in [1.29, 1.82) is 0 Å². The summed E-state index contributed by atoms with van der Waals surface area (Å²) in [7, 11) is 0. The van der Waals surface area contributed by atoms with Gasteiger partial charge in [0, 0.05) is 6.42 Å². The topological polar surface area (TPSA) is 113 Å². The highest BCUT2D eigenvalue weighted by atomic mass is 31.2. The number of aromatic nitrogens is 4. The van der Waals surface area contributed by atoms with Crippen LogP contribution in [0.15, 0.2) is 4.79 Å². The van der Waals surface area contributed by atoms with Crippen LogP contribution in [0.5, 0.6) is 0 Å². The van der Waals surface area contributed by atoms with Crippen molar-refractivity contribution in [2.24, 2.45) is 0 Å². The average molecular weight is 424 g/mol. The average Bonchev–Trinajstić information content (AvgIpc) is 3.11. The molecule has 9 heteroatoms. The van der Waals surface area contributed by atoms with Crippen molar-refractivity contribution in [3.05, 3.63) is 22.0 Å². The summed E-state index contributed by atoms with van der Waals surface area (Å²) in [4.78, 5) is 24.1. The number of aliphatic hydroxyl groups excluding tert-OH is 2. The zero-order valence-corrected chi connectivity index (χ0v) is 18.7. The lowest BCUT2D eigenvalue weighted by Gasteiger charge is -2.20. The van der Waals surface area contributed by atoms with Crippen LogP contribution < -0.4 is 5.56 Å². The Hall–Kier alpha value is -1.47. The Morgan fingerprint density at radius 3 is 2.62 bits per heavy atom. The lowest BCUT2D eigenvalue weighted by molar-refractivity contribution is -0.0368. The number of imidazole rings is 1. The van der Waals surface area contributed by atoms with Gasteiger partial charge in [-0.1, -0.05) is 19.8 Å². The van der Waals surface area contributed by atoms with E-state index in [4.69, 9.17) is 4.74 Å². The standard InChI is InChI=1S/C20H33N4O4P/c1-6-7-8-9-14-23-15-18(21-12(2)22-19(15)27)24(14)20-17(26)16(25)13(28-20)10-11-29(3,4)5/h13,16-17,20,25-26H,3,6-11H2,1-2,4-5H3,(H,21,22,27)/t13-,16-,17-,20-/m1/s1. The normalized spacial score (nSPS) is 25.2. The summed E-state index contributed by atoms with van der Waals surface area (Å²) in [6.07, 6.45) is 5.92. The molecule has 8 nitrogen and oxygen atoms in total. The van der Waals surface area contributed by atoms with E-state index in [9.17, 15) is 15.0 Å². The highest BCUT2D eigenvalue weighted by Crippen LogP contribution is 2.40. The van der Waals surface area contributed by atoms with Gasteiger partial charge < -0.3 is 19.9 Å². The molecule has 162 valence electrons. The van der Waals surface area contributed by atoms with Crippen LogP contribution in [0.2, 0.25) is 0 Å². The number of aromatic amines is 1. The lowest BCUT2D eigenvalue weighted by atomic mass is 10.1. The highest BCUT2D eigenvalue weighted by molar-refractivity contribution is 7.72. The molecule has 0 radical (unpaired) electrons. The van der Waals surface area contributed by atoms with E-state index in [1.165, 1.54) is 0 Å². The molecule has 1 saturated heterocycles. The minimum absolute atomic E-state index is 0.237. The largest absolute Gasteiger partial charge is 0.388 e. The second-order valence-electron chi connectivity index (χ2n) is 8.67. The number of nitrogens with zero attached hydrogens (tertiary/aromatic N) is 3. The van der Waals surface area contributed by atoms with Crippen LogP contribution in [0.4, 0.5) is 0 Å². The lowest BCUT2D eigenvalue weighted by Crippen LogP contribution is -2.32. The molecule has 0 spiro atoms. The predicted octanol–water partition coefficient (Wildman–Crippen LogP) is 1.88. The summed E-state index contributed by atoms with van der Waals surface area (Å²) in [5, 5.41) is 21.4. The van der Waals surface area contributed by atoms with Crippen molar-refractivity contribution in [3.63, 3.8) is 0 Å². The van der Waals surface area contributed by atoms with E-state index in [-0.39, 0.29) is 11.1 Å². The maximum absolute atomic E-state index is 12.4. The number of hydrogen-bond donors (Lipinski definition) is 3. The van der Waals surface area contributed by atoms with Crippen molar-refractivity contribution in [2.75, 3.05) is 19.5 Å². The van der Waals surface area contributed by atoms with Gasteiger partial charge in [0.15, 0.2) is 17.4 Å². The number of aryl methyl sites for hydroxylation is 2. The van der Waals surface area contributed by atoms with Crippen molar-refractivity contribution in [1.82, 2.24) is 19.5 Å². The van der Waals surface area contributed by atoms with Gasteiger partial charge in [-0.15, -0.1) is 13.2 Å². The number of ether oxygens (including phenoxy) is 1. The first-order valence-corrected chi connectivity index (χ1v) is 13.3. The predicted molar refractivity (Wildman–Crippen MR) is 117 cm³/mol. The van der Waals surface area contributed by atoms with Gasteiger partial charge in [0.25, 0.3) is 5.56 Å². The minimum atomic E-state index is -1.27. The molecule has 3 heterocycles. The third-order valence-electron chi connectivity index (χ3n) is 5.36. The Labute approximate surface area is 171 Å². The number of unbranched alkanes of at least 4 members (excludes halogenated alkanes) is 2. The fraction of sp³-hybridized carbons (Fsp3) is 0.700. The molecule has 2 aromatic heterocycles. The fourth-order valence-electron chi connectivity index (χ4n) is 3.77. The number of rotatable bonds is 8. The molecule has 0 amide bonds. The van der Waals surface area contributed by atoms with E-state index < -0.39 is 31.4 Å². The molecule has 1 aliphatic rings. The molecule has 0 saturated carbocycles. The van der Waals surface area contributed by atoms with Gasteiger partial charge >= 0.3 is 0 Å². The Bertz CT molecular complexity index is 963. The van der Waals surface area contributed by atoms with Gasteiger partial charge in [-0.3, -0.25) is 9.36 Å². The maximum Gasteiger partial charge on any atom is 0.279 e. The Kier molecular flexibility index (Phi) is 6.68. The Balaban J connectivity index is 1.99. The highest BCUT2D eigenvalue weighted by Gasteiger charge is 2.45. The number of H-pyrrole nitrogens is 1. The van der Waals surface area contributed by atoms with E-state index in [2.05, 4.69) is 41.5 Å². The SMILES string of the molecule is C=P(C)(C)CC[C@H]1O[C@@H](n2c(CCCCC)nc3c(=O)[nH]c(C)nc32)[C@H](O)[C@@H]1O. The summed E-state index contributed by atoms with van der Waals surface area (Å²) < 4.78 is 7.84. The Morgan fingerprint density at radius 1 is 1.24 bits per heavy atom. The third kappa shape index (κ3) is 4.82. The maximum atomic E-state index is 12.4. The van der Waals surface area contributed by atoms with E-state index in [1.807, 2.05) is 0 Å². The molecular weight excluding hydrogens is 391 g/mol. The first-order chi connectivity index (χ1) is 13.6. The van der Waals surface area contributed by atoms with Crippen LogP contribution in [0.25, 0.3) is 11.2 Å². The second kappa shape index (κ2) is 8.72. The van der Waals surface area contributed by atoms with Crippen molar-refractivity contribution < 1.29 is 14.9 Å². The third-order valence-corrected chi connectivity index (χ3v) is 6.83. The molecule has 1 fully saturated rings. The van der Waals surface area contributed by atoms with Crippen LogP contribution in [0.3, 0.4) is 0 Å². The minimum Gasteiger partial charge on any atom is -0.388 e. The zero-order valence-electron chi connectivity index (χ0n) is 17.8. The van der Waals surface area contributed by atoms with E-state index in [0.717, 1.165) is 25.4 Å². The Morgan fingerprint density at radius 2 is 1.97 bits per heavy atom. The van der Waals surface area contributed by atoms with Crippen molar-refractivity contribution in [3.8, 4) is 0 Å². The number of nitrogens with one attached hydrogen (secondary N) is 1. The summed E-state index contributed by atoms with van der Waals surface area (Å²) in [5.41, 5.74) is 0.316. The van der Waals surface area contributed by atoms with Crippen LogP contribution in [0.1, 0.15) is 50.5 Å². The van der Waals surface area contributed by atoms with E-state index in [0.29, 0.717) is 30.1 Å². The van der Waals surface area contributed by atoms with Gasteiger partial charge in [-0.05, 0) is 39.3 Å². The molecule has 0 aromatic carbocycles. The van der Waals surface area contributed by atoms with Crippen molar-refractivity contribution >= 4 is 24.3 Å².